The summed E-state index contributed by atoms with van der Waals surface area (Å²) in [6, 6.07) is 22.8. The van der Waals surface area contributed by atoms with Gasteiger partial charge in [0.05, 0.1) is 36.8 Å². The van der Waals surface area contributed by atoms with Gasteiger partial charge in [-0.2, -0.15) is 5.26 Å². The van der Waals surface area contributed by atoms with Gasteiger partial charge in [-0.1, -0.05) is 48.5 Å². The molecule has 2 heterocycles. The van der Waals surface area contributed by atoms with E-state index < -0.39 is 11.2 Å². The normalized spacial score (nSPS) is 11.2. The van der Waals surface area contributed by atoms with Crippen LogP contribution in [0.25, 0.3) is 27.6 Å². The standard InChI is InChI=1S/C26H21N5O3/c1-34-13-12-30-25(32)23-24(28-17-29(23)16-19-7-4-6-18(14-19)15-27)31(26(30)33)22-11-5-9-20-8-2-3-10-21(20)22/h2-11,14,17H,12-13,16H2,1H3. The largest absolute Gasteiger partial charge is 0.383 e. The van der Waals surface area contributed by atoms with E-state index in [1.54, 1.807) is 29.1 Å². The van der Waals surface area contributed by atoms with Gasteiger partial charge in [-0.3, -0.25) is 9.36 Å². The lowest BCUT2D eigenvalue weighted by Crippen LogP contribution is -2.41. The number of hydrogen-bond donors (Lipinski definition) is 0. The lowest BCUT2D eigenvalue weighted by atomic mass is 10.1. The zero-order valence-electron chi connectivity index (χ0n) is 18.5. The van der Waals surface area contributed by atoms with Gasteiger partial charge >= 0.3 is 5.69 Å². The highest BCUT2D eigenvalue weighted by Gasteiger charge is 2.20. The molecule has 168 valence electrons. The summed E-state index contributed by atoms with van der Waals surface area (Å²) in [5.41, 5.74) is 1.74. The minimum Gasteiger partial charge on any atom is -0.383 e. The number of fused-ring (bicyclic) bond motifs is 2. The fourth-order valence-electron chi connectivity index (χ4n) is 4.24. The molecule has 0 bridgehead atoms. The summed E-state index contributed by atoms with van der Waals surface area (Å²) in [5.74, 6) is 0. The quantitative estimate of drug-likeness (QED) is 0.395. The lowest BCUT2D eigenvalue weighted by Gasteiger charge is -2.14. The molecule has 0 amide bonds. The molecule has 34 heavy (non-hydrogen) atoms. The summed E-state index contributed by atoms with van der Waals surface area (Å²) >= 11 is 0. The van der Waals surface area contributed by atoms with E-state index in [4.69, 9.17) is 4.74 Å². The number of ether oxygens (including phenoxy) is 1. The Bertz CT molecular complexity index is 1680. The highest BCUT2D eigenvalue weighted by atomic mass is 16.5. The van der Waals surface area contributed by atoms with Crippen LogP contribution in [0.5, 0.6) is 0 Å². The molecule has 0 atom stereocenters. The van der Waals surface area contributed by atoms with Crippen LogP contribution in [0.1, 0.15) is 11.1 Å². The average molecular weight is 451 g/mol. The molecule has 0 aliphatic carbocycles. The molecule has 0 saturated carbocycles. The lowest BCUT2D eigenvalue weighted by molar-refractivity contribution is 0.184. The van der Waals surface area contributed by atoms with E-state index in [9.17, 15) is 14.9 Å². The van der Waals surface area contributed by atoms with Gasteiger partial charge in [0.2, 0.25) is 0 Å². The SMILES string of the molecule is COCCn1c(=O)c2c(ncn2Cc2cccc(C#N)c2)n(-c2cccc3ccccc23)c1=O. The summed E-state index contributed by atoms with van der Waals surface area (Å²) in [7, 11) is 1.53. The van der Waals surface area contributed by atoms with Gasteiger partial charge in [0.1, 0.15) is 0 Å². The van der Waals surface area contributed by atoms with Gasteiger partial charge in [0.25, 0.3) is 5.56 Å². The predicted octanol–water partition coefficient (Wildman–Crippen LogP) is 3.07. The second-order valence-electron chi connectivity index (χ2n) is 7.92. The van der Waals surface area contributed by atoms with Crippen LogP contribution in [-0.4, -0.2) is 32.4 Å². The van der Waals surface area contributed by atoms with Crippen molar-refractivity contribution in [2.45, 2.75) is 13.1 Å². The topological polar surface area (TPSA) is 94.8 Å². The third-order valence-electron chi connectivity index (χ3n) is 5.84. The molecule has 0 aliphatic rings. The maximum Gasteiger partial charge on any atom is 0.337 e. The van der Waals surface area contributed by atoms with Crippen LogP contribution in [0.2, 0.25) is 0 Å². The number of methoxy groups -OCH3 is 1. The van der Waals surface area contributed by atoms with Crippen molar-refractivity contribution in [2.24, 2.45) is 0 Å². The minimum atomic E-state index is -0.470. The molecule has 0 radical (unpaired) electrons. The zero-order valence-corrected chi connectivity index (χ0v) is 18.5. The first-order chi connectivity index (χ1) is 16.6. The Morgan fingerprint density at radius 3 is 2.65 bits per heavy atom. The van der Waals surface area contributed by atoms with Crippen molar-refractivity contribution in [3.63, 3.8) is 0 Å². The van der Waals surface area contributed by atoms with E-state index in [1.165, 1.54) is 16.2 Å². The van der Waals surface area contributed by atoms with Gasteiger partial charge < -0.3 is 9.30 Å². The fraction of sp³-hybridized carbons (Fsp3) is 0.154. The highest BCUT2D eigenvalue weighted by molar-refractivity contribution is 5.91. The first-order valence-electron chi connectivity index (χ1n) is 10.8. The summed E-state index contributed by atoms with van der Waals surface area (Å²) in [6.07, 6.45) is 1.56. The number of imidazole rings is 1. The number of nitriles is 1. The molecular weight excluding hydrogens is 430 g/mol. The Balaban J connectivity index is 1.80. The van der Waals surface area contributed by atoms with E-state index in [0.29, 0.717) is 23.3 Å². The van der Waals surface area contributed by atoms with Gasteiger partial charge in [-0.05, 0) is 29.1 Å². The fourth-order valence-corrected chi connectivity index (χ4v) is 4.24. The van der Waals surface area contributed by atoms with Crippen molar-refractivity contribution in [3.05, 3.63) is 105 Å². The summed E-state index contributed by atoms with van der Waals surface area (Å²) in [5, 5.41) is 11.1. The van der Waals surface area contributed by atoms with E-state index in [2.05, 4.69) is 11.1 Å². The molecule has 0 saturated heterocycles. The molecular formula is C26H21N5O3. The first-order valence-corrected chi connectivity index (χ1v) is 10.8. The Kier molecular flexibility index (Phi) is 5.54. The van der Waals surface area contributed by atoms with Crippen LogP contribution in [0.4, 0.5) is 0 Å². The monoisotopic (exact) mass is 451 g/mol. The number of aromatic nitrogens is 4. The maximum absolute atomic E-state index is 13.6. The molecule has 0 spiro atoms. The third-order valence-corrected chi connectivity index (χ3v) is 5.84. The molecule has 2 aromatic heterocycles. The molecule has 0 fully saturated rings. The van der Waals surface area contributed by atoms with Crippen LogP contribution in [0, 0.1) is 11.3 Å². The van der Waals surface area contributed by atoms with Crippen molar-refractivity contribution >= 4 is 21.9 Å². The van der Waals surface area contributed by atoms with Crippen LogP contribution in [-0.2, 0) is 17.8 Å². The molecule has 5 aromatic rings. The second-order valence-corrected chi connectivity index (χ2v) is 7.92. The molecule has 5 rings (SSSR count). The molecule has 0 aliphatic heterocycles. The minimum absolute atomic E-state index is 0.115. The smallest absolute Gasteiger partial charge is 0.337 e. The Morgan fingerprint density at radius 2 is 1.82 bits per heavy atom. The number of rotatable bonds is 6. The second kappa shape index (κ2) is 8.81. The van der Waals surface area contributed by atoms with Gasteiger partial charge in [-0.25, -0.2) is 14.3 Å². The molecule has 8 heteroatoms. The van der Waals surface area contributed by atoms with Crippen molar-refractivity contribution in [2.75, 3.05) is 13.7 Å². The van der Waals surface area contributed by atoms with Gasteiger partial charge in [-0.15, -0.1) is 0 Å². The van der Waals surface area contributed by atoms with Crippen LogP contribution >= 0.6 is 0 Å². The van der Waals surface area contributed by atoms with Crippen LogP contribution in [0.3, 0.4) is 0 Å². The van der Waals surface area contributed by atoms with Crippen molar-refractivity contribution in [3.8, 4) is 11.8 Å². The molecule has 0 N–H and O–H groups in total. The van der Waals surface area contributed by atoms with Gasteiger partial charge in [0.15, 0.2) is 11.2 Å². The Hall–Kier alpha value is -4.48. The number of nitrogens with zero attached hydrogens (tertiary/aromatic N) is 5. The van der Waals surface area contributed by atoms with Crippen LogP contribution < -0.4 is 11.2 Å². The summed E-state index contributed by atoms with van der Waals surface area (Å²) < 4.78 is 9.57. The average Bonchev–Trinajstić information content (AvgIpc) is 3.27. The third kappa shape index (κ3) is 3.58. The maximum atomic E-state index is 13.6. The van der Waals surface area contributed by atoms with Crippen molar-refractivity contribution in [1.82, 2.24) is 18.7 Å². The molecule has 0 unspecified atom stereocenters. The Labute approximate surface area is 194 Å². The number of benzene rings is 3. The highest BCUT2D eigenvalue weighted by Crippen LogP contribution is 2.23. The van der Waals surface area contributed by atoms with E-state index in [1.807, 2.05) is 48.5 Å². The van der Waals surface area contributed by atoms with Crippen molar-refractivity contribution in [1.29, 1.82) is 5.26 Å². The summed E-state index contributed by atoms with van der Waals surface area (Å²) in [6.45, 7) is 0.664. The van der Waals surface area contributed by atoms with Gasteiger partial charge in [0, 0.05) is 19.0 Å². The summed E-state index contributed by atoms with van der Waals surface area (Å²) in [4.78, 5) is 31.6. The number of hydrogen-bond acceptors (Lipinski definition) is 5. The van der Waals surface area contributed by atoms with E-state index in [0.717, 1.165) is 16.3 Å². The van der Waals surface area contributed by atoms with Crippen LogP contribution in [0.15, 0.2) is 82.6 Å². The molecule has 3 aromatic carbocycles. The van der Waals surface area contributed by atoms with Crippen molar-refractivity contribution < 1.29 is 4.74 Å². The zero-order chi connectivity index (χ0) is 23.7. The first kappa shape index (κ1) is 21.4. The van der Waals surface area contributed by atoms with E-state index in [-0.39, 0.29) is 18.8 Å². The van der Waals surface area contributed by atoms with E-state index >= 15 is 0 Å². The Morgan fingerprint density at radius 1 is 1.03 bits per heavy atom. The molecule has 8 nitrogen and oxygen atoms in total. The predicted molar refractivity (Wildman–Crippen MR) is 129 cm³/mol.